The maximum Gasteiger partial charge on any atom is 0.321 e. The second-order valence-electron chi connectivity index (χ2n) is 6.74. The number of carbonyl (C=O) groups is 1. The Hall–Kier alpha value is -1.51. The van der Waals surface area contributed by atoms with Gasteiger partial charge in [0, 0.05) is 18.8 Å². The molecule has 0 aromatic heterocycles. The molecule has 1 N–H and O–H groups in total. The molecule has 1 aliphatic rings. The largest absolute Gasteiger partial charge is 0.325 e. The average molecular weight is 288 g/mol. The van der Waals surface area contributed by atoms with Crippen molar-refractivity contribution in [2.75, 3.05) is 18.4 Å². The summed E-state index contributed by atoms with van der Waals surface area (Å²) in [4.78, 5) is 14.4. The molecule has 2 rings (SSSR count). The first-order valence-electron chi connectivity index (χ1n) is 8.14. The number of amides is 2. The van der Waals surface area contributed by atoms with Crippen LogP contribution in [0.25, 0.3) is 0 Å². The maximum atomic E-state index is 12.4. The van der Waals surface area contributed by atoms with Crippen LogP contribution in [0.2, 0.25) is 0 Å². The Morgan fingerprint density at radius 3 is 2.33 bits per heavy atom. The molecule has 0 aliphatic carbocycles. The van der Waals surface area contributed by atoms with Crippen LogP contribution in [0.3, 0.4) is 0 Å². The monoisotopic (exact) mass is 288 g/mol. The number of rotatable bonds is 3. The standard InChI is InChI=1S/C18H28N2O/c1-13(2)15-9-11-20(12-10-15)18(21)19-17-8-6-5-7-16(17)14(3)4/h5-8,13-15H,9-12H2,1-4H3,(H,19,21). The summed E-state index contributed by atoms with van der Waals surface area (Å²) in [6.07, 6.45) is 2.24. The number of nitrogens with one attached hydrogen (secondary N) is 1. The summed E-state index contributed by atoms with van der Waals surface area (Å²) in [7, 11) is 0. The van der Waals surface area contributed by atoms with Gasteiger partial charge in [0.15, 0.2) is 0 Å². The molecule has 3 nitrogen and oxygen atoms in total. The Morgan fingerprint density at radius 2 is 1.76 bits per heavy atom. The highest BCUT2D eigenvalue weighted by Crippen LogP contribution is 2.26. The van der Waals surface area contributed by atoms with Crippen molar-refractivity contribution >= 4 is 11.7 Å². The number of piperidine rings is 1. The highest BCUT2D eigenvalue weighted by atomic mass is 16.2. The molecule has 0 spiro atoms. The van der Waals surface area contributed by atoms with E-state index >= 15 is 0 Å². The van der Waals surface area contributed by atoms with Gasteiger partial charge in [0.05, 0.1) is 0 Å². The second kappa shape index (κ2) is 6.97. The van der Waals surface area contributed by atoms with Gasteiger partial charge in [0.1, 0.15) is 0 Å². The summed E-state index contributed by atoms with van der Waals surface area (Å²) < 4.78 is 0. The molecule has 0 atom stereocenters. The van der Waals surface area contributed by atoms with Crippen molar-refractivity contribution in [2.45, 2.75) is 46.5 Å². The van der Waals surface area contributed by atoms with Crippen LogP contribution in [-0.2, 0) is 0 Å². The molecule has 1 aromatic carbocycles. The zero-order valence-electron chi connectivity index (χ0n) is 13.7. The van der Waals surface area contributed by atoms with Gasteiger partial charge in [-0.2, -0.15) is 0 Å². The first kappa shape index (κ1) is 15.9. The van der Waals surface area contributed by atoms with Gasteiger partial charge >= 0.3 is 6.03 Å². The van der Waals surface area contributed by atoms with Gasteiger partial charge in [-0.15, -0.1) is 0 Å². The van der Waals surface area contributed by atoms with E-state index in [4.69, 9.17) is 0 Å². The molecule has 1 aromatic rings. The van der Waals surface area contributed by atoms with E-state index in [-0.39, 0.29) is 6.03 Å². The van der Waals surface area contributed by atoms with E-state index in [1.807, 2.05) is 23.1 Å². The van der Waals surface area contributed by atoms with Crippen LogP contribution in [0, 0.1) is 11.8 Å². The number of hydrogen-bond donors (Lipinski definition) is 1. The quantitative estimate of drug-likeness (QED) is 0.858. The molecule has 2 amide bonds. The highest BCUT2D eigenvalue weighted by molar-refractivity contribution is 5.90. The van der Waals surface area contributed by atoms with Gasteiger partial charge in [-0.25, -0.2) is 4.79 Å². The lowest BCUT2D eigenvalue weighted by Gasteiger charge is -2.34. The van der Waals surface area contributed by atoms with E-state index < -0.39 is 0 Å². The number of anilines is 1. The lowest BCUT2D eigenvalue weighted by Crippen LogP contribution is -2.42. The van der Waals surface area contributed by atoms with Gasteiger partial charge in [-0.3, -0.25) is 0 Å². The normalized spacial score (nSPS) is 16.6. The van der Waals surface area contributed by atoms with Crippen molar-refractivity contribution < 1.29 is 4.79 Å². The molecule has 0 radical (unpaired) electrons. The van der Waals surface area contributed by atoms with Crippen LogP contribution in [0.15, 0.2) is 24.3 Å². The number of nitrogens with zero attached hydrogens (tertiary/aromatic N) is 1. The minimum absolute atomic E-state index is 0.0466. The lowest BCUT2D eigenvalue weighted by atomic mass is 9.87. The van der Waals surface area contributed by atoms with Crippen molar-refractivity contribution in [3.05, 3.63) is 29.8 Å². The molecule has 0 saturated carbocycles. The first-order valence-corrected chi connectivity index (χ1v) is 8.14. The predicted octanol–water partition coefficient (Wildman–Crippen LogP) is 4.71. The zero-order valence-corrected chi connectivity index (χ0v) is 13.7. The molecule has 21 heavy (non-hydrogen) atoms. The van der Waals surface area contributed by atoms with Gasteiger partial charge in [0.2, 0.25) is 0 Å². The first-order chi connectivity index (χ1) is 9.99. The van der Waals surface area contributed by atoms with Gasteiger partial charge in [-0.05, 0) is 42.2 Å². The zero-order chi connectivity index (χ0) is 15.4. The fraction of sp³-hybridized carbons (Fsp3) is 0.611. The summed E-state index contributed by atoms with van der Waals surface area (Å²) in [6, 6.07) is 8.13. The Balaban J connectivity index is 1.97. The molecular formula is C18H28N2O. The van der Waals surface area contributed by atoms with E-state index in [1.165, 1.54) is 5.56 Å². The molecular weight excluding hydrogens is 260 g/mol. The van der Waals surface area contributed by atoms with E-state index in [2.05, 4.69) is 39.1 Å². The van der Waals surface area contributed by atoms with E-state index in [9.17, 15) is 4.79 Å². The number of carbonyl (C=O) groups excluding carboxylic acids is 1. The summed E-state index contributed by atoms with van der Waals surface area (Å²) in [6.45, 7) is 10.6. The minimum atomic E-state index is 0.0466. The summed E-state index contributed by atoms with van der Waals surface area (Å²) in [5, 5.41) is 3.09. The number of urea groups is 1. The Kier molecular flexibility index (Phi) is 5.27. The topological polar surface area (TPSA) is 32.3 Å². The van der Waals surface area contributed by atoms with Crippen molar-refractivity contribution in [1.29, 1.82) is 0 Å². The van der Waals surface area contributed by atoms with E-state index in [1.54, 1.807) is 0 Å². The average Bonchev–Trinajstić information content (AvgIpc) is 2.47. The number of hydrogen-bond acceptors (Lipinski definition) is 1. The van der Waals surface area contributed by atoms with Crippen molar-refractivity contribution in [1.82, 2.24) is 4.90 Å². The SMILES string of the molecule is CC(C)c1ccccc1NC(=O)N1CCC(C(C)C)CC1. The highest BCUT2D eigenvalue weighted by Gasteiger charge is 2.24. The Labute approximate surface area is 128 Å². The van der Waals surface area contributed by atoms with Crippen LogP contribution in [0.4, 0.5) is 10.5 Å². The fourth-order valence-corrected chi connectivity index (χ4v) is 3.08. The molecule has 1 saturated heterocycles. The van der Waals surface area contributed by atoms with Crippen LogP contribution in [0.5, 0.6) is 0 Å². The third-order valence-corrected chi connectivity index (χ3v) is 4.59. The lowest BCUT2D eigenvalue weighted by molar-refractivity contribution is 0.167. The van der Waals surface area contributed by atoms with Crippen LogP contribution >= 0.6 is 0 Å². The van der Waals surface area contributed by atoms with Gasteiger partial charge in [-0.1, -0.05) is 45.9 Å². The molecule has 3 heteroatoms. The third kappa shape index (κ3) is 3.99. The van der Waals surface area contributed by atoms with Gasteiger partial charge < -0.3 is 10.2 Å². The van der Waals surface area contributed by atoms with Crippen molar-refractivity contribution in [2.24, 2.45) is 11.8 Å². The summed E-state index contributed by atoms with van der Waals surface area (Å²) in [5.74, 6) is 1.89. The smallest absolute Gasteiger partial charge is 0.321 e. The molecule has 1 heterocycles. The Morgan fingerprint density at radius 1 is 1.14 bits per heavy atom. The van der Waals surface area contributed by atoms with Crippen LogP contribution < -0.4 is 5.32 Å². The van der Waals surface area contributed by atoms with Crippen molar-refractivity contribution in [3.8, 4) is 0 Å². The number of benzene rings is 1. The van der Waals surface area contributed by atoms with E-state index in [0.29, 0.717) is 5.92 Å². The maximum absolute atomic E-state index is 12.4. The molecule has 1 fully saturated rings. The second-order valence-corrected chi connectivity index (χ2v) is 6.74. The summed E-state index contributed by atoms with van der Waals surface area (Å²) in [5.41, 5.74) is 2.14. The van der Waals surface area contributed by atoms with Crippen LogP contribution in [0.1, 0.15) is 52.0 Å². The van der Waals surface area contributed by atoms with Gasteiger partial charge in [0.25, 0.3) is 0 Å². The third-order valence-electron chi connectivity index (χ3n) is 4.59. The molecule has 1 aliphatic heterocycles. The molecule has 0 bridgehead atoms. The summed E-state index contributed by atoms with van der Waals surface area (Å²) >= 11 is 0. The fourth-order valence-electron chi connectivity index (χ4n) is 3.08. The number of para-hydroxylation sites is 1. The molecule has 116 valence electrons. The molecule has 0 unspecified atom stereocenters. The van der Waals surface area contributed by atoms with E-state index in [0.717, 1.165) is 43.5 Å². The minimum Gasteiger partial charge on any atom is -0.325 e. The number of likely N-dealkylation sites (tertiary alicyclic amines) is 1. The predicted molar refractivity (Wildman–Crippen MR) is 88.7 cm³/mol. The van der Waals surface area contributed by atoms with Crippen LogP contribution in [-0.4, -0.2) is 24.0 Å². The Bertz CT molecular complexity index is 474. The van der Waals surface area contributed by atoms with Crippen molar-refractivity contribution in [3.63, 3.8) is 0 Å².